The predicted molar refractivity (Wildman–Crippen MR) is 84.7 cm³/mol. The molecule has 20 heavy (non-hydrogen) atoms. The van der Waals surface area contributed by atoms with Crippen molar-refractivity contribution in [1.82, 2.24) is 9.97 Å². The van der Waals surface area contributed by atoms with E-state index in [9.17, 15) is 0 Å². The number of hydrogen-bond acceptors (Lipinski definition) is 5. The van der Waals surface area contributed by atoms with Gasteiger partial charge in [-0.3, -0.25) is 10.4 Å². The molecular weight excluding hydrogens is 292 g/mol. The molecule has 0 aliphatic carbocycles. The van der Waals surface area contributed by atoms with Crippen molar-refractivity contribution in [3.63, 3.8) is 0 Å². The van der Waals surface area contributed by atoms with E-state index in [0.29, 0.717) is 5.02 Å². The molecule has 0 aliphatic heterocycles. The minimum absolute atomic E-state index is 0.683. The van der Waals surface area contributed by atoms with Crippen LogP contribution in [0.15, 0.2) is 47.7 Å². The van der Waals surface area contributed by atoms with Crippen molar-refractivity contribution < 1.29 is 0 Å². The zero-order chi connectivity index (χ0) is 13.9. The summed E-state index contributed by atoms with van der Waals surface area (Å²) in [6, 6.07) is 11.4. The summed E-state index contributed by atoms with van der Waals surface area (Å²) in [4.78, 5) is 8.67. The maximum absolute atomic E-state index is 5.94. The Morgan fingerprint density at radius 3 is 3.00 bits per heavy atom. The summed E-state index contributed by atoms with van der Waals surface area (Å²) in [5, 5.41) is 5.72. The monoisotopic (exact) mass is 302 g/mol. The molecule has 0 aliphatic rings. The highest BCUT2D eigenvalue weighted by Crippen LogP contribution is 2.27. The van der Waals surface area contributed by atoms with Crippen molar-refractivity contribution in [3.8, 4) is 0 Å². The molecule has 0 saturated heterocycles. The lowest BCUT2D eigenvalue weighted by Gasteiger charge is -1.99. The molecule has 1 aromatic carbocycles. The number of hydrogen-bond donors (Lipinski definition) is 1. The summed E-state index contributed by atoms with van der Waals surface area (Å²) in [5.41, 5.74) is 5.48. The second kappa shape index (κ2) is 5.56. The lowest BCUT2D eigenvalue weighted by molar-refractivity contribution is 1.24. The van der Waals surface area contributed by atoms with Gasteiger partial charge in [-0.2, -0.15) is 5.10 Å². The fraction of sp³-hybridized carbons (Fsp3) is 0.0714. The van der Waals surface area contributed by atoms with Gasteiger partial charge >= 0.3 is 0 Å². The Morgan fingerprint density at radius 1 is 1.30 bits per heavy atom. The number of aromatic nitrogens is 2. The average Bonchev–Trinajstić information content (AvgIpc) is 2.87. The molecule has 0 amide bonds. The van der Waals surface area contributed by atoms with Crippen LogP contribution in [0.4, 0.5) is 5.13 Å². The molecule has 1 N–H and O–H groups in total. The first-order valence-electron chi connectivity index (χ1n) is 6.00. The number of rotatable bonds is 3. The largest absolute Gasteiger partial charge is 0.255 e. The van der Waals surface area contributed by atoms with E-state index in [4.69, 9.17) is 11.6 Å². The first kappa shape index (κ1) is 13.0. The first-order valence-corrected chi connectivity index (χ1v) is 7.19. The van der Waals surface area contributed by atoms with E-state index in [0.717, 1.165) is 26.8 Å². The summed E-state index contributed by atoms with van der Waals surface area (Å²) in [7, 11) is 0. The minimum atomic E-state index is 0.683. The number of halogens is 1. The maximum atomic E-state index is 5.94. The molecule has 0 atom stereocenters. The van der Waals surface area contributed by atoms with Crippen molar-refractivity contribution in [3.05, 3.63) is 53.3 Å². The zero-order valence-electron chi connectivity index (χ0n) is 10.7. The van der Waals surface area contributed by atoms with Crippen LogP contribution < -0.4 is 5.43 Å². The van der Waals surface area contributed by atoms with Crippen LogP contribution in [-0.2, 0) is 0 Å². The Hall–Kier alpha value is -1.98. The number of benzene rings is 1. The SMILES string of the molecule is C/C(=N\Nc1nc2cc(Cl)ccc2s1)c1ccccn1. The normalized spacial score (nSPS) is 11.8. The second-order valence-electron chi connectivity index (χ2n) is 4.16. The highest BCUT2D eigenvalue weighted by atomic mass is 35.5. The van der Waals surface area contributed by atoms with Gasteiger partial charge in [-0.1, -0.05) is 29.0 Å². The van der Waals surface area contributed by atoms with Crippen LogP contribution >= 0.6 is 22.9 Å². The van der Waals surface area contributed by atoms with Gasteiger partial charge in [0.15, 0.2) is 0 Å². The summed E-state index contributed by atoms with van der Waals surface area (Å²) >= 11 is 7.48. The Kier molecular flexibility index (Phi) is 3.62. The van der Waals surface area contributed by atoms with E-state index >= 15 is 0 Å². The topological polar surface area (TPSA) is 50.2 Å². The van der Waals surface area contributed by atoms with Gasteiger partial charge in [0, 0.05) is 11.2 Å². The van der Waals surface area contributed by atoms with Crippen molar-refractivity contribution in [1.29, 1.82) is 0 Å². The van der Waals surface area contributed by atoms with E-state index in [-0.39, 0.29) is 0 Å². The maximum Gasteiger partial charge on any atom is 0.204 e. The predicted octanol–water partition coefficient (Wildman–Crippen LogP) is 4.18. The first-order chi connectivity index (χ1) is 9.72. The van der Waals surface area contributed by atoms with Crippen LogP contribution in [0.2, 0.25) is 5.02 Å². The molecule has 0 radical (unpaired) electrons. The summed E-state index contributed by atoms with van der Waals surface area (Å²) in [5.74, 6) is 0. The second-order valence-corrected chi connectivity index (χ2v) is 5.62. The van der Waals surface area contributed by atoms with Crippen LogP contribution in [0.1, 0.15) is 12.6 Å². The number of hydrazone groups is 1. The third kappa shape index (κ3) is 2.79. The molecule has 0 saturated carbocycles. The van der Waals surface area contributed by atoms with E-state index < -0.39 is 0 Å². The average molecular weight is 303 g/mol. The Morgan fingerprint density at radius 2 is 2.20 bits per heavy atom. The molecule has 6 heteroatoms. The fourth-order valence-corrected chi connectivity index (χ4v) is 2.67. The van der Waals surface area contributed by atoms with Crippen LogP contribution in [0.3, 0.4) is 0 Å². The smallest absolute Gasteiger partial charge is 0.204 e. The Labute approximate surface area is 125 Å². The fourth-order valence-electron chi connectivity index (χ4n) is 1.71. The molecule has 2 heterocycles. The number of anilines is 1. The van der Waals surface area contributed by atoms with Gasteiger partial charge in [0.25, 0.3) is 0 Å². The molecule has 0 spiro atoms. The minimum Gasteiger partial charge on any atom is -0.255 e. The van der Waals surface area contributed by atoms with E-state index in [1.807, 2.05) is 43.3 Å². The van der Waals surface area contributed by atoms with Crippen LogP contribution in [-0.4, -0.2) is 15.7 Å². The highest BCUT2D eigenvalue weighted by Gasteiger charge is 2.04. The van der Waals surface area contributed by atoms with E-state index in [2.05, 4.69) is 20.5 Å². The van der Waals surface area contributed by atoms with Gasteiger partial charge in [-0.15, -0.1) is 0 Å². The third-order valence-corrected chi connectivity index (χ3v) is 3.88. The molecule has 2 aromatic heterocycles. The van der Waals surface area contributed by atoms with Gasteiger partial charge in [0.05, 0.1) is 21.6 Å². The summed E-state index contributed by atoms with van der Waals surface area (Å²) in [6.45, 7) is 1.90. The highest BCUT2D eigenvalue weighted by molar-refractivity contribution is 7.22. The summed E-state index contributed by atoms with van der Waals surface area (Å²) in [6.07, 6.45) is 1.74. The van der Waals surface area contributed by atoms with E-state index in [1.54, 1.807) is 6.20 Å². The molecular formula is C14H11ClN4S. The molecule has 3 aromatic rings. The quantitative estimate of drug-likeness (QED) is 0.583. The van der Waals surface area contributed by atoms with Gasteiger partial charge in [-0.05, 0) is 37.3 Å². The number of nitrogens with one attached hydrogen (secondary N) is 1. The van der Waals surface area contributed by atoms with Crippen molar-refractivity contribution in [2.75, 3.05) is 5.43 Å². The molecule has 3 rings (SSSR count). The van der Waals surface area contributed by atoms with Gasteiger partial charge in [-0.25, -0.2) is 4.98 Å². The van der Waals surface area contributed by atoms with Crippen molar-refractivity contribution >= 4 is 44.0 Å². The Balaban J connectivity index is 1.83. The van der Waals surface area contributed by atoms with Crippen molar-refractivity contribution in [2.45, 2.75) is 6.92 Å². The van der Waals surface area contributed by atoms with Gasteiger partial charge in [0.2, 0.25) is 5.13 Å². The van der Waals surface area contributed by atoms with Crippen LogP contribution in [0, 0.1) is 0 Å². The standard InChI is InChI=1S/C14H11ClN4S/c1-9(11-4-2-3-7-16-11)18-19-14-17-12-8-10(15)5-6-13(12)20-14/h2-8H,1H3,(H,17,19)/b18-9+. The molecule has 0 unspecified atom stereocenters. The molecule has 4 nitrogen and oxygen atoms in total. The van der Waals surface area contributed by atoms with Crippen LogP contribution in [0.25, 0.3) is 10.2 Å². The number of nitrogens with zero attached hydrogens (tertiary/aromatic N) is 3. The summed E-state index contributed by atoms with van der Waals surface area (Å²) < 4.78 is 1.07. The third-order valence-electron chi connectivity index (χ3n) is 2.70. The molecule has 0 fully saturated rings. The van der Waals surface area contributed by atoms with E-state index in [1.165, 1.54) is 11.3 Å². The zero-order valence-corrected chi connectivity index (χ0v) is 12.2. The Bertz CT molecular complexity index is 767. The van der Waals surface area contributed by atoms with Crippen LogP contribution in [0.5, 0.6) is 0 Å². The van der Waals surface area contributed by atoms with Gasteiger partial charge < -0.3 is 0 Å². The number of fused-ring (bicyclic) bond motifs is 1. The number of pyridine rings is 1. The molecule has 0 bridgehead atoms. The number of thiazole rings is 1. The van der Waals surface area contributed by atoms with Crippen molar-refractivity contribution in [2.24, 2.45) is 5.10 Å². The van der Waals surface area contributed by atoms with Gasteiger partial charge in [0.1, 0.15) is 0 Å². The molecule has 100 valence electrons. The lowest BCUT2D eigenvalue weighted by Crippen LogP contribution is -2.01. The lowest BCUT2D eigenvalue weighted by atomic mass is 10.3.